The topological polar surface area (TPSA) is 101 Å². The lowest BCUT2D eigenvalue weighted by molar-refractivity contribution is -0.183. The average Bonchev–Trinajstić information content (AvgIpc) is 2.41. The minimum atomic E-state index is -1.58. The molecule has 6 heteroatoms. The Hall–Kier alpha value is -1.85. The van der Waals surface area contributed by atoms with Gasteiger partial charge in [-0.2, -0.15) is 0 Å². The van der Waals surface area contributed by atoms with Crippen molar-refractivity contribution in [3.63, 3.8) is 0 Å². The second-order valence-electron chi connectivity index (χ2n) is 5.11. The maximum Gasteiger partial charge on any atom is 0.348 e. The van der Waals surface area contributed by atoms with E-state index in [9.17, 15) is 19.5 Å². The van der Waals surface area contributed by atoms with Crippen molar-refractivity contribution in [2.75, 3.05) is 0 Å². The highest BCUT2D eigenvalue weighted by molar-refractivity contribution is 5.87. The number of unbranched alkanes of at least 4 members (excludes halogenated alkanes) is 1. The first-order valence-corrected chi connectivity index (χ1v) is 7.10. The molecule has 0 saturated carbocycles. The fourth-order valence-electron chi connectivity index (χ4n) is 2.31. The predicted octanol–water partition coefficient (Wildman–Crippen LogP) is 2.62. The van der Waals surface area contributed by atoms with E-state index >= 15 is 0 Å². The number of carbonyl (C=O) groups is 3. The zero-order chi connectivity index (χ0) is 16.5. The van der Waals surface area contributed by atoms with Crippen molar-refractivity contribution < 1.29 is 29.3 Å². The summed E-state index contributed by atoms with van der Waals surface area (Å²) in [4.78, 5) is 33.6. The maximum absolute atomic E-state index is 11.6. The van der Waals surface area contributed by atoms with E-state index in [2.05, 4.69) is 6.58 Å². The number of carbonyl (C=O) groups excluding carboxylic acids is 1. The van der Waals surface area contributed by atoms with E-state index in [1.54, 1.807) is 6.92 Å². The van der Waals surface area contributed by atoms with Crippen molar-refractivity contribution in [3.05, 3.63) is 12.7 Å². The first kappa shape index (κ1) is 19.1. The lowest BCUT2D eigenvalue weighted by Crippen LogP contribution is -2.48. The molecular weight excluding hydrogens is 276 g/mol. The van der Waals surface area contributed by atoms with Crippen LogP contribution in [0.4, 0.5) is 0 Å². The second-order valence-corrected chi connectivity index (χ2v) is 5.11. The highest BCUT2D eigenvalue weighted by atomic mass is 16.6. The van der Waals surface area contributed by atoms with Gasteiger partial charge >= 0.3 is 17.9 Å². The molecule has 2 unspecified atom stereocenters. The summed E-state index contributed by atoms with van der Waals surface area (Å²) in [5.41, 5.74) is -1.58. The molecule has 2 atom stereocenters. The van der Waals surface area contributed by atoms with Gasteiger partial charge in [0.1, 0.15) is 0 Å². The molecule has 0 aliphatic carbocycles. The Kier molecular flexibility index (Phi) is 8.35. The molecule has 0 aromatic carbocycles. The number of ether oxygens (including phenoxy) is 1. The van der Waals surface area contributed by atoms with Crippen molar-refractivity contribution in [3.8, 4) is 0 Å². The Balaban J connectivity index is 4.90. The normalized spacial score (nSPS) is 14.8. The molecule has 21 heavy (non-hydrogen) atoms. The van der Waals surface area contributed by atoms with Crippen LogP contribution in [-0.4, -0.2) is 33.7 Å². The first-order chi connectivity index (χ1) is 9.80. The summed E-state index contributed by atoms with van der Waals surface area (Å²) in [6.07, 6.45) is 3.27. The lowest BCUT2D eigenvalue weighted by Gasteiger charge is -2.34. The number of rotatable bonds is 11. The van der Waals surface area contributed by atoms with E-state index in [4.69, 9.17) is 9.84 Å². The third-order valence-electron chi connectivity index (χ3n) is 3.51. The first-order valence-electron chi connectivity index (χ1n) is 7.10. The van der Waals surface area contributed by atoms with Crippen LogP contribution in [0.2, 0.25) is 0 Å². The number of hydrogen-bond donors (Lipinski definition) is 2. The van der Waals surface area contributed by atoms with E-state index in [1.165, 1.54) is 0 Å². The molecule has 0 rings (SSSR count). The summed E-state index contributed by atoms with van der Waals surface area (Å²) in [6, 6.07) is 0. The fraction of sp³-hybridized carbons (Fsp3) is 0.667. The van der Waals surface area contributed by atoms with Crippen LogP contribution in [0, 0.1) is 5.92 Å². The average molecular weight is 300 g/mol. The van der Waals surface area contributed by atoms with Crippen molar-refractivity contribution in [1.82, 2.24) is 0 Å². The minimum absolute atomic E-state index is 0.0486. The molecule has 0 radical (unpaired) electrons. The summed E-state index contributed by atoms with van der Waals surface area (Å²) < 4.78 is 5.16. The van der Waals surface area contributed by atoms with Gasteiger partial charge in [0.15, 0.2) is 0 Å². The van der Waals surface area contributed by atoms with Crippen LogP contribution in [0.25, 0.3) is 0 Å². The van der Waals surface area contributed by atoms with Gasteiger partial charge in [0.25, 0.3) is 0 Å². The fourth-order valence-corrected chi connectivity index (χ4v) is 2.31. The monoisotopic (exact) mass is 300 g/mol. The number of aliphatic carboxylic acids is 2. The van der Waals surface area contributed by atoms with E-state index in [0.29, 0.717) is 25.7 Å². The molecule has 0 aromatic heterocycles. The smallest absolute Gasteiger partial charge is 0.348 e. The molecule has 0 aromatic rings. The molecule has 0 amide bonds. The van der Waals surface area contributed by atoms with Gasteiger partial charge < -0.3 is 14.9 Å². The van der Waals surface area contributed by atoms with Gasteiger partial charge in [-0.3, -0.25) is 4.79 Å². The number of hydrogen-bond acceptors (Lipinski definition) is 4. The van der Waals surface area contributed by atoms with Crippen LogP contribution in [0.15, 0.2) is 12.7 Å². The highest BCUT2D eigenvalue weighted by Crippen LogP contribution is 2.32. The second kappa shape index (κ2) is 9.15. The van der Waals surface area contributed by atoms with Crippen LogP contribution in [0.5, 0.6) is 0 Å². The summed E-state index contributed by atoms with van der Waals surface area (Å²) in [5.74, 6) is -3.22. The third kappa shape index (κ3) is 5.97. The molecule has 0 spiro atoms. The predicted molar refractivity (Wildman–Crippen MR) is 76.8 cm³/mol. The molecule has 120 valence electrons. The SMILES string of the molecule is C=CC(=O)OC(CCC)(C(=O)O)C(C)CCCCC(=O)O. The Morgan fingerprint density at radius 2 is 1.90 bits per heavy atom. The molecule has 0 saturated heterocycles. The Labute approximate surface area is 124 Å². The van der Waals surface area contributed by atoms with Gasteiger partial charge in [-0.1, -0.05) is 33.3 Å². The third-order valence-corrected chi connectivity index (χ3v) is 3.51. The van der Waals surface area contributed by atoms with Crippen molar-refractivity contribution >= 4 is 17.9 Å². The Morgan fingerprint density at radius 1 is 1.29 bits per heavy atom. The summed E-state index contributed by atoms with van der Waals surface area (Å²) in [7, 11) is 0. The van der Waals surface area contributed by atoms with Crippen LogP contribution in [0.1, 0.15) is 52.4 Å². The van der Waals surface area contributed by atoms with Crippen molar-refractivity contribution in [1.29, 1.82) is 0 Å². The lowest BCUT2D eigenvalue weighted by atomic mass is 9.81. The zero-order valence-corrected chi connectivity index (χ0v) is 12.6. The standard InChI is InChI=1S/C15H24O6/c1-4-10-15(14(19)20,21-13(18)5-2)11(3)8-6-7-9-12(16)17/h5,11H,2,4,6-10H2,1,3H3,(H,16,17)(H,19,20). The maximum atomic E-state index is 11.6. The van der Waals surface area contributed by atoms with E-state index < -0.39 is 29.4 Å². The highest BCUT2D eigenvalue weighted by Gasteiger charge is 2.46. The van der Waals surface area contributed by atoms with Gasteiger partial charge in [-0.05, 0) is 19.3 Å². The summed E-state index contributed by atoms with van der Waals surface area (Å²) >= 11 is 0. The molecule has 0 aliphatic heterocycles. The molecular formula is C15H24O6. The van der Waals surface area contributed by atoms with Crippen molar-refractivity contribution in [2.45, 2.75) is 58.0 Å². The molecule has 0 aliphatic rings. The molecule has 2 N–H and O–H groups in total. The number of carboxylic acids is 2. The number of esters is 1. The van der Waals surface area contributed by atoms with E-state index in [-0.39, 0.29) is 12.8 Å². The zero-order valence-electron chi connectivity index (χ0n) is 12.6. The molecule has 0 bridgehead atoms. The van der Waals surface area contributed by atoms with Gasteiger partial charge in [-0.25, -0.2) is 9.59 Å². The Bertz CT molecular complexity index is 390. The Morgan fingerprint density at radius 3 is 2.33 bits per heavy atom. The van der Waals surface area contributed by atoms with E-state index in [0.717, 1.165) is 6.08 Å². The van der Waals surface area contributed by atoms with E-state index in [1.807, 2.05) is 6.92 Å². The van der Waals surface area contributed by atoms with Crippen molar-refractivity contribution in [2.24, 2.45) is 5.92 Å². The summed E-state index contributed by atoms with van der Waals surface area (Å²) in [6.45, 7) is 6.81. The molecule has 0 fully saturated rings. The van der Waals surface area contributed by atoms with Crippen LogP contribution in [-0.2, 0) is 19.1 Å². The quantitative estimate of drug-likeness (QED) is 0.345. The minimum Gasteiger partial charge on any atom is -0.481 e. The van der Waals surface area contributed by atoms with Gasteiger partial charge in [-0.15, -0.1) is 0 Å². The van der Waals surface area contributed by atoms with Gasteiger partial charge in [0.2, 0.25) is 5.60 Å². The number of carboxylic acid groups (broad SMARTS) is 2. The van der Waals surface area contributed by atoms with Crippen LogP contribution >= 0.6 is 0 Å². The van der Waals surface area contributed by atoms with Crippen LogP contribution in [0.3, 0.4) is 0 Å². The van der Waals surface area contributed by atoms with Gasteiger partial charge in [0.05, 0.1) is 0 Å². The largest absolute Gasteiger partial charge is 0.481 e. The summed E-state index contributed by atoms with van der Waals surface area (Å²) in [5, 5.41) is 18.1. The molecule has 6 nitrogen and oxygen atoms in total. The van der Waals surface area contributed by atoms with Gasteiger partial charge in [0, 0.05) is 18.4 Å². The molecule has 0 heterocycles. The van der Waals surface area contributed by atoms with Crippen LogP contribution < -0.4 is 0 Å².